The van der Waals surface area contributed by atoms with Crippen LogP contribution in [0.3, 0.4) is 0 Å². The number of urea groups is 1. The fourth-order valence-corrected chi connectivity index (χ4v) is 3.31. The number of hydrogen-bond acceptors (Lipinski definition) is 3. The molecule has 1 spiro atoms. The van der Waals surface area contributed by atoms with Crippen molar-refractivity contribution in [3.05, 3.63) is 71.6 Å². The second-order valence-electron chi connectivity index (χ2n) is 6.05. The molecule has 2 aliphatic heterocycles. The maximum Gasteiger partial charge on any atom is 0.323 e. The Kier molecular flexibility index (Phi) is 3.57. The number of anilines is 1. The molecule has 0 saturated carbocycles. The minimum Gasteiger partial charge on any atom is -0.312 e. The summed E-state index contributed by atoms with van der Waals surface area (Å²) in [7, 11) is 0. The van der Waals surface area contributed by atoms with Crippen molar-refractivity contribution >= 4 is 29.6 Å². The normalized spacial score (nSPS) is 21.4. The van der Waals surface area contributed by atoms with Crippen LogP contribution in [0.4, 0.5) is 14.9 Å². The first-order valence-corrected chi connectivity index (χ1v) is 7.99. The topological polar surface area (TPSA) is 78.5 Å². The summed E-state index contributed by atoms with van der Waals surface area (Å²) in [6, 6.07) is 12.5. The summed E-state index contributed by atoms with van der Waals surface area (Å²) < 4.78 is 13.8. The van der Waals surface area contributed by atoms with Gasteiger partial charge in [-0.05, 0) is 23.8 Å². The van der Waals surface area contributed by atoms with E-state index in [0.29, 0.717) is 5.69 Å². The Balaban J connectivity index is 1.71. The van der Waals surface area contributed by atoms with Gasteiger partial charge < -0.3 is 10.2 Å². The standard InChI is InChI=1S/C19H14FN3O3/c20-13-8-9-15-14(11-13)19(16(24)21-18(26)22-19)17(25)23(15)10-4-7-12-5-2-1-3-6-12/h1-9,11H,10H2,(H2,21,22,24,26)/b7-4+. The first-order chi connectivity index (χ1) is 12.5. The molecule has 2 N–H and O–H groups in total. The SMILES string of the molecule is O=C1NC(=O)C2(N1)C(=O)N(C/C=C/c1ccccc1)c1ccc(F)cc12. The number of halogens is 1. The van der Waals surface area contributed by atoms with Crippen molar-refractivity contribution in [2.24, 2.45) is 0 Å². The first kappa shape index (κ1) is 16.0. The van der Waals surface area contributed by atoms with Crippen molar-refractivity contribution in [1.29, 1.82) is 0 Å². The number of fused-ring (bicyclic) bond motifs is 2. The van der Waals surface area contributed by atoms with Crippen molar-refractivity contribution in [1.82, 2.24) is 10.6 Å². The van der Waals surface area contributed by atoms with Crippen LogP contribution >= 0.6 is 0 Å². The van der Waals surface area contributed by atoms with Gasteiger partial charge in [-0.2, -0.15) is 0 Å². The van der Waals surface area contributed by atoms with Crippen LogP contribution in [-0.4, -0.2) is 24.4 Å². The minimum atomic E-state index is -1.91. The molecule has 4 amide bonds. The number of carbonyl (C=O) groups excluding carboxylic acids is 3. The van der Waals surface area contributed by atoms with E-state index in [-0.39, 0.29) is 12.1 Å². The lowest BCUT2D eigenvalue weighted by Gasteiger charge is -2.20. The van der Waals surface area contributed by atoms with E-state index in [0.717, 1.165) is 11.6 Å². The van der Waals surface area contributed by atoms with Gasteiger partial charge in [0.1, 0.15) is 5.82 Å². The van der Waals surface area contributed by atoms with Gasteiger partial charge in [0, 0.05) is 12.1 Å². The molecule has 0 aliphatic carbocycles. The summed E-state index contributed by atoms with van der Waals surface area (Å²) in [6.45, 7) is 0.178. The maximum atomic E-state index is 13.8. The number of nitrogens with one attached hydrogen (secondary N) is 2. The summed E-state index contributed by atoms with van der Waals surface area (Å²) in [5.41, 5.74) is -0.416. The number of rotatable bonds is 3. The Labute approximate surface area is 148 Å². The number of hydrogen-bond donors (Lipinski definition) is 2. The summed E-state index contributed by atoms with van der Waals surface area (Å²) >= 11 is 0. The quantitative estimate of drug-likeness (QED) is 0.655. The summed E-state index contributed by atoms with van der Waals surface area (Å²) in [5.74, 6) is -2.00. The summed E-state index contributed by atoms with van der Waals surface area (Å²) in [4.78, 5) is 38.3. The molecule has 4 rings (SSSR count). The lowest BCUT2D eigenvalue weighted by atomic mass is 9.91. The number of amides is 4. The Hall–Kier alpha value is -3.48. The highest BCUT2D eigenvalue weighted by Crippen LogP contribution is 2.42. The third-order valence-electron chi connectivity index (χ3n) is 4.49. The van der Waals surface area contributed by atoms with Crippen molar-refractivity contribution < 1.29 is 18.8 Å². The molecular formula is C19H14FN3O3. The zero-order valence-electron chi connectivity index (χ0n) is 13.5. The van der Waals surface area contributed by atoms with Gasteiger partial charge in [-0.25, -0.2) is 9.18 Å². The molecule has 1 unspecified atom stereocenters. The summed E-state index contributed by atoms with van der Waals surface area (Å²) in [6.07, 6.45) is 3.61. The molecule has 26 heavy (non-hydrogen) atoms. The second-order valence-corrected chi connectivity index (χ2v) is 6.05. The van der Waals surface area contributed by atoms with Crippen LogP contribution in [0.2, 0.25) is 0 Å². The van der Waals surface area contributed by atoms with Gasteiger partial charge in [0.25, 0.3) is 11.8 Å². The molecule has 2 heterocycles. The van der Waals surface area contributed by atoms with Gasteiger partial charge in [-0.3, -0.25) is 14.9 Å². The number of carbonyl (C=O) groups is 3. The lowest BCUT2D eigenvalue weighted by molar-refractivity contribution is -0.133. The molecule has 2 aromatic rings. The molecule has 1 saturated heterocycles. The van der Waals surface area contributed by atoms with Crippen molar-refractivity contribution in [3.8, 4) is 0 Å². The molecule has 0 bridgehead atoms. The largest absolute Gasteiger partial charge is 0.323 e. The molecule has 1 fully saturated rings. The van der Waals surface area contributed by atoms with E-state index in [4.69, 9.17) is 0 Å². The number of benzene rings is 2. The van der Waals surface area contributed by atoms with Gasteiger partial charge in [-0.1, -0.05) is 42.5 Å². The van der Waals surface area contributed by atoms with E-state index in [2.05, 4.69) is 10.6 Å². The molecular weight excluding hydrogens is 337 g/mol. The van der Waals surface area contributed by atoms with Crippen LogP contribution in [0.15, 0.2) is 54.6 Å². The van der Waals surface area contributed by atoms with Gasteiger partial charge in [0.15, 0.2) is 0 Å². The van der Waals surface area contributed by atoms with E-state index in [9.17, 15) is 18.8 Å². The predicted molar refractivity (Wildman–Crippen MR) is 92.6 cm³/mol. The average molecular weight is 351 g/mol. The fourth-order valence-electron chi connectivity index (χ4n) is 3.31. The third kappa shape index (κ3) is 2.28. The number of imide groups is 1. The van der Waals surface area contributed by atoms with Crippen LogP contribution in [0.1, 0.15) is 11.1 Å². The van der Waals surface area contributed by atoms with Gasteiger partial charge in [0.2, 0.25) is 5.54 Å². The van der Waals surface area contributed by atoms with E-state index in [1.165, 1.54) is 17.0 Å². The zero-order chi connectivity index (χ0) is 18.3. The van der Waals surface area contributed by atoms with Gasteiger partial charge in [0.05, 0.1) is 5.69 Å². The molecule has 0 radical (unpaired) electrons. The Morgan fingerprint density at radius 2 is 1.85 bits per heavy atom. The van der Waals surface area contributed by atoms with E-state index >= 15 is 0 Å². The first-order valence-electron chi connectivity index (χ1n) is 7.99. The Bertz CT molecular complexity index is 958. The average Bonchev–Trinajstić information content (AvgIpc) is 3.05. The molecule has 0 aromatic heterocycles. The van der Waals surface area contributed by atoms with Crippen molar-refractivity contribution in [3.63, 3.8) is 0 Å². The fraction of sp³-hybridized carbons (Fsp3) is 0.105. The van der Waals surface area contributed by atoms with E-state index in [1.54, 1.807) is 6.08 Å². The molecule has 7 heteroatoms. The van der Waals surface area contributed by atoms with Crippen LogP contribution in [0.5, 0.6) is 0 Å². The smallest absolute Gasteiger partial charge is 0.312 e. The monoisotopic (exact) mass is 351 g/mol. The van der Waals surface area contributed by atoms with Gasteiger partial charge >= 0.3 is 6.03 Å². The Morgan fingerprint density at radius 1 is 1.08 bits per heavy atom. The molecule has 2 aromatic carbocycles. The minimum absolute atomic E-state index is 0.138. The molecule has 130 valence electrons. The van der Waals surface area contributed by atoms with Crippen LogP contribution < -0.4 is 15.5 Å². The van der Waals surface area contributed by atoms with Crippen molar-refractivity contribution in [2.75, 3.05) is 11.4 Å². The lowest BCUT2D eigenvalue weighted by Crippen LogP contribution is -2.52. The maximum absolute atomic E-state index is 13.8. The highest BCUT2D eigenvalue weighted by molar-refractivity contribution is 6.27. The highest BCUT2D eigenvalue weighted by atomic mass is 19.1. The van der Waals surface area contributed by atoms with Crippen molar-refractivity contribution in [2.45, 2.75) is 5.54 Å². The Morgan fingerprint density at radius 3 is 2.54 bits per heavy atom. The third-order valence-corrected chi connectivity index (χ3v) is 4.49. The van der Waals surface area contributed by atoms with Crippen LogP contribution in [-0.2, 0) is 15.1 Å². The van der Waals surface area contributed by atoms with E-state index < -0.39 is 29.2 Å². The predicted octanol–water partition coefficient (Wildman–Crippen LogP) is 1.92. The van der Waals surface area contributed by atoms with Gasteiger partial charge in [-0.15, -0.1) is 0 Å². The van der Waals surface area contributed by atoms with Crippen LogP contribution in [0, 0.1) is 5.82 Å². The summed E-state index contributed by atoms with van der Waals surface area (Å²) in [5, 5.41) is 4.43. The van der Waals surface area contributed by atoms with E-state index in [1.807, 2.05) is 36.4 Å². The zero-order valence-corrected chi connectivity index (χ0v) is 13.5. The highest BCUT2D eigenvalue weighted by Gasteiger charge is 2.61. The molecule has 6 nitrogen and oxygen atoms in total. The molecule has 1 atom stereocenters. The number of nitrogens with zero attached hydrogens (tertiary/aromatic N) is 1. The van der Waals surface area contributed by atoms with Crippen LogP contribution in [0.25, 0.3) is 6.08 Å². The second kappa shape index (κ2) is 5.80. The molecule has 2 aliphatic rings.